The van der Waals surface area contributed by atoms with Crippen molar-refractivity contribution in [1.29, 1.82) is 0 Å². The number of nitrogens with two attached hydrogens (primary N) is 1. The van der Waals surface area contributed by atoms with Gasteiger partial charge in [-0.3, -0.25) is 14.4 Å². The summed E-state index contributed by atoms with van der Waals surface area (Å²) in [6.07, 6.45) is 3.33. The van der Waals surface area contributed by atoms with Gasteiger partial charge in [-0.2, -0.15) is 5.06 Å². The minimum atomic E-state index is -0.763. The predicted molar refractivity (Wildman–Crippen MR) is 118 cm³/mol. The summed E-state index contributed by atoms with van der Waals surface area (Å²) in [5, 5.41) is 11.0. The molecule has 3 N–H and O–H groups in total. The number of pyridine rings is 1. The van der Waals surface area contributed by atoms with Crippen molar-refractivity contribution < 1.29 is 33.7 Å². The number of rotatable bonds is 8. The van der Waals surface area contributed by atoms with Gasteiger partial charge in [0.05, 0.1) is 5.56 Å². The molecule has 1 aliphatic heterocycles. The van der Waals surface area contributed by atoms with E-state index in [1.807, 2.05) is 25.4 Å². The smallest absolute Gasteiger partial charge is 0.332 e. The molecule has 0 saturated heterocycles. The summed E-state index contributed by atoms with van der Waals surface area (Å²) in [6.45, 7) is 1.33. The zero-order valence-electron chi connectivity index (χ0n) is 18.5. The number of nitrogen functional groups attached to an aromatic ring is 1. The monoisotopic (exact) mass is 452 g/mol. The van der Waals surface area contributed by atoms with Gasteiger partial charge in [0, 0.05) is 36.2 Å². The number of ketones is 2. The van der Waals surface area contributed by atoms with Crippen molar-refractivity contribution in [3.63, 3.8) is 0 Å². The second-order valence-corrected chi connectivity index (χ2v) is 7.81. The fourth-order valence-corrected chi connectivity index (χ4v) is 3.69. The van der Waals surface area contributed by atoms with Gasteiger partial charge in [-0.05, 0) is 43.2 Å². The molecule has 0 saturated carbocycles. The molecule has 0 radical (unpaired) electrons. The first-order valence-electron chi connectivity index (χ1n) is 10.5. The number of hydroxylamine groups is 2. The molecule has 2 aromatic rings. The second kappa shape index (κ2) is 10.2. The highest BCUT2D eigenvalue weighted by atomic mass is 16.7. The fourth-order valence-electron chi connectivity index (χ4n) is 3.69. The van der Waals surface area contributed by atoms with Gasteiger partial charge in [0.25, 0.3) is 5.91 Å². The van der Waals surface area contributed by atoms with E-state index in [-0.39, 0.29) is 37.4 Å². The lowest BCUT2D eigenvalue weighted by molar-refractivity contribution is -0.682. The van der Waals surface area contributed by atoms with E-state index in [0.29, 0.717) is 33.1 Å². The van der Waals surface area contributed by atoms with E-state index in [9.17, 15) is 24.3 Å². The lowest BCUT2D eigenvalue weighted by Gasteiger charge is -2.20. The average molecular weight is 452 g/mol. The van der Waals surface area contributed by atoms with Gasteiger partial charge >= 0.3 is 5.97 Å². The van der Waals surface area contributed by atoms with Gasteiger partial charge in [-0.15, -0.1) is 0 Å². The third kappa shape index (κ3) is 5.69. The van der Waals surface area contributed by atoms with Gasteiger partial charge in [0.2, 0.25) is 5.69 Å². The maximum absolute atomic E-state index is 13.0. The molecule has 172 valence electrons. The van der Waals surface area contributed by atoms with E-state index in [2.05, 4.69) is 0 Å². The standard InChI is InChI=1S/C24H26N3O6/c1-15(28)24-19(5-4-12-26(24)2)18-10-8-16(25)13-20(18)21(30)6-3-7-23(32)33-27-14-17(29)9-11-22(27)31/h4-5,8-13,15,28H,3,6-7,14,25H2,1-2H3/q+1. The van der Waals surface area contributed by atoms with Crippen LogP contribution in [0.25, 0.3) is 11.1 Å². The Morgan fingerprint density at radius 1 is 1.18 bits per heavy atom. The Bertz CT molecular complexity index is 1140. The number of anilines is 1. The first kappa shape index (κ1) is 23.8. The van der Waals surface area contributed by atoms with E-state index in [0.717, 1.165) is 12.2 Å². The van der Waals surface area contributed by atoms with Gasteiger partial charge in [0.15, 0.2) is 17.8 Å². The molecule has 2 heterocycles. The van der Waals surface area contributed by atoms with E-state index < -0.39 is 18.0 Å². The van der Waals surface area contributed by atoms with Crippen molar-refractivity contribution in [2.45, 2.75) is 32.3 Å². The molecule has 0 bridgehead atoms. The maximum Gasteiger partial charge on any atom is 0.332 e. The molecule has 0 spiro atoms. The molecule has 1 atom stereocenters. The Morgan fingerprint density at radius 2 is 1.94 bits per heavy atom. The number of hydrogen-bond donors (Lipinski definition) is 2. The topological polar surface area (TPSA) is 131 Å². The summed E-state index contributed by atoms with van der Waals surface area (Å²) >= 11 is 0. The number of nitrogens with zero attached hydrogens (tertiary/aromatic N) is 2. The highest BCUT2D eigenvalue weighted by Crippen LogP contribution is 2.31. The molecule has 1 aliphatic rings. The van der Waals surface area contributed by atoms with Crippen molar-refractivity contribution in [3.05, 3.63) is 59.9 Å². The van der Waals surface area contributed by atoms with E-state index in [1.165, 1.54) is 0 Å². The number of carbonyl (C=O) groups is 4. The number of aliphatic hydroxyl groups excluding tert-OH is 1. The third-order valence-corrected chi connectivity index (χ3v) is 5.21. The van der Waals surface area contributed by atoms with Gasteiger partial charge in [0.1, 0.15) is 19.7 Å². The van der Waals surface area contributed by atoms with Crippen molar-refractivity contribution in [1.82, 2.24) is 5.06 Å². The van der Waals surface area contributed by atoms with Crippen LogP contribution < -0.4 is 10.3 Å². The van der Waals surface area contributed by atoms with Crippen LogP contribution in [0.5, 0.6) is 0 Å². The number of amides is 1. The summed E-state index contributed by atoms with van der Waals surface area (Å²) in [6, 6.07) is 8.66. The van der Waals surface area contributed by atoms with Gasteiger partial charge in [-0.25, -0.2) is 9.36 Å². The Labute approximate surface area is 191 Å². The molecule has 1 aromatic carbocycles. The molecule has 1 unspecified atom stereocenters. The SMILES string of the molecule is CC(O)c1c(-c2ccc(N)cc2C(=O)CCCC(=O)ON2CC(=O)C=CC2=O)ccc[n+]1C. The maximum atomic E-state index is 13.0. The number of hydrogen-bond acceptors (Lipinski definition) is 7. The molecule has 0 aliphatic carbocycles. The summed E-state index contributed by atoms with van der Waals surface area (Å²) in [4.78, 5) is 53.1. The number of aliphatic hydroxyl groups is 1. The second-order valence-electron chi connectivity index (χ2n) is 7.81. The Morgan fingerprint density at radius 3 is 2.67 bits per heavy atom. The minimum absolute atomic E-state index is 0.0430. The molecule has 9 heteroatoms. The zero-order valence-corrected chi connectivity index (χ0v) is 18.5. The fraction of sp³-hybridized carbons (Fsp3) is 0.292. The van der Waals surface area contributed by atoms with E-state index in [1.54, 1.807) is 29.7 Å². The van der Waals surface area contributed by atoms with Crippen LogP contribution in [0.2, 0.25) is 0 Å². The molecule has 1 aromatic heterocycles. The molecule has 33 heavy (non-hydrogen) atoms. The van der Waals surface area contributed by atoms with Crippen LogP contribution in [0.1, 0.15) is 48.3 Å². The summed E-state index contributed by atoms with van der Waals surface area (Å²) < 4.78 is 1.79. The molecule has 0 fully saturated rings. The zero-order chi connectivity index (χ0) is 24.1. The average Bonchev–Trinajstić information content (AvgIpc) is 2.75. The summed E-state index contributed by atoms with van der Waals surface area (Å²) in [7, 11) is 1.81. The highest BCUT2D eigenvalue weighted by Gasteiger charge is 2.25. The van der Waals surface area contributed by atoms with E-state index in [4.69, 9.17) is 10.6 Å². The number of aryl methyl sites for hydroxylation is 1. The van der Waals surface area contributed by atoms with Crippen LogP contribution in [-0.2, 0) is 26.3 Å². The largest absolute Gasteiger partial charge is 0.399 e. The molecule has 9 nitrogen and oxygen atoms in total. The first-order valence-corrected chi connectivity index (χ1v) is 10.5. The predicted octanol–water partition coefficient (Wildman–Crippen LogP) is 1.59. The summed E-state index contributed by atoms with van der Waals surface area (Å²) in [5.74, 6) is -1.87. The Hall–Kier alpha value is -3.85. The normalized spacial score (nSPS) is 14.3. The highest BCUT2D eigenvalue weighted by molar-refractivity contribution is 6.04. The quantitative estimate of drug-likeness (QED) is 0.353. The number of benzene rings is 1. The van der Waals surface area contributed by atoms with Crippen LogP contribution in [0.15, 0.2) is 48.7 Å². The lowest BCUT2D eigenvalue weighted by Crippen LogP contribution is -2.38. The van der Waals surface area contributed by atoms with Crippen molar-refractivity contribution in [2.75, 3.05) is 12.3 Å². The lowest BCUT2D eigenvalue weighted by atomic mass is 9.92. The number of aromatic nitrogens is 1. The van der Waals surface area contributed by atoms with Gasteiger partial charge < -0.3 is 15.7 Å². The van der Waals surface area contributed by atoms with Crippen LogP contribution in [0.4, 0.5) is 5.69 Å². The van der Waals surface area contributed by atoms with Crippen LogP contribution >= 0.6 is 0 Å². The van der Waals surface area contributed by atoms with Crippen molar-refractivity contribution >= 4 is 29.1 Å². The van der Waals surface area contributed by atoms with Crippen molar-refractivity contribution in [3.8, 4) is 11.1 Å². The van der Waals surface area contributed by atoms with Crippen LogP contribution in [0, 0.1) is 0 Å². The Balaban J connectivity index is 1.71. The third-order valence-electron chi connectivity index (χ3n) is 5.21. The molecular weight excluding hydrogens is 426 g/mol. The summed E-state index contributed by atoms with van der Waals surface area (Å²) in [5.41, 5.74) is 8.72. The molecular formula is C24H26N3O6+. The molecule has 3 rings (SSSR count). The molecule has 1 amide bonds. The first-order chi connectivity index (χ1) is 15.7. The van der Waals surface area contributed by atoms with Gasteiger partial charge in [-0.1, -0.05) is 6.07 Å². The van der Waals surface area contributed by atoms with E-state index >= 15 is 0 Å². The van der Waals surface area contributed by atoms with Crippen LogP contribution in [0.3, 0.4) is 0 Å². The number of carbonyl (C=O) groups excluding carboxylic acids is 4. The Kier molecular flexibility index (Phi) is 7.34. The minimum Gasteiger partial charge on any atom is -0.399 e. The number of Topliss-reactive ketones (excluding diaryl/α,β-unsaturated/α-hetero) is 1. The van der Waals surface area contributed by atoms with Crippen LogP contribution in [-0.4, -0.2) is 40.2 Å². The van der Waals surface area contributed by atoms with Crippen molar-refractivity contribution in [2.24, 2.45) is 7.05 Å².